The first-order valence-electron chi connectivity index (χ1n) is 7.95. The second-order valence-corrected chi connectivity index (χ2v) is 6.05. The molecule has 0 spiro atoms. The van der Waals surface area contributed by atoms with Crippen molar-refractivity contribution in [3.8, 4) is 5.75 Å². The van der Waals surface area contributed by atoms with Gasteiger partial charge in [-0.05, 0) is 18.1 Å². The van der Waals surface area contributed by atoms with Gasteiger partial charge in [0.2, 0.25) is 11.8 Å². The average Bonchev–Trinajstić information content (AvgIpc) is 2.81. The van der Waals surface area contributed by atoms with Crippen LogP contribution in [-0.4, -0.2) is 56.2 Å². The number of hydrogen-bond acceptors (Lipinski definition) is 4. The quantitative estimate of drug-likeness (QED) is 0.883. The molecule has 0 unspecified atom stereocenters. The highest BCUT2D eigenvalue weighted by atomic mass is 16.5. The number of methoxy groups -OCH3 is 1. The van der Waals surface area contributed by atoms with Crippen LogP contribution in [0.15, 0.2) is 24.3 Å². The summed E-state index contributed by atoms with van der Waals surface area (Å²) in [6, 6.07) is 7.62. The predicted octanol–water partition coefficient (Wildman–Crippen LogP) is 0.601. The van der Waals surface area contributed by atoms with Gasteiger partial charge in [0, 0.05) is 19.5 Å². The summed E-state index contributed by atoms with van der Waals surface area (Å²) in [6.07, 6.45) is 1.04. The Morgan fingerprint density at radius 2 is 2.17 bits per heavy atom. The van der Waals surface area contributed by atoms with E-state index in [1.165, 1.54) is 0 Å². The third-order valence-corrected chi connectivity index (χ3v) is 4.39. The van der Waals surface area contributed by atoms with Gasteiger partial charge in [0.15, 0.2) is 0 Å². The van der Waals surface area contributed by atoms with Crippen molar-refractivity contribution >= 4 is 11.8 Å². The van der Waals surface area contributed by atoms with Crippen LogP contribution >= 0.6 is 0 Å². The molecule has 2 atom stereocenters. The van der Waals surface area contributed by atoms with Gasteiger partial charge in [-0.25, -0.2) is 0 Å². The molecule has 2 amide bonds. The third-order valence-electron chi connectivity index (χ3n) is 4.39. The molecule has 1 aromatic rings. The summed E-state index contributed by atoms with van der Waals surface area (Å²) < 4.78 is 10.8. The molecule has 3 rings (SSSR count). The molecule has 0 aromatic heterocycles. The Hall–Kier alpha value is -2.08. The van der Waals surface area contributed by atoms with E-state index in [-0.39, 0.29) is 23.8 Å². The minimum absolute atomic E-state index is 0.00692. The van der Waals surface area contributed by atoms with Gasteiger partial charge in [-0.1, -0.05) is 18.2 Å². The van der Waals surface area contributed by atoms with Crippen LogP contribution in [-0.2, 0) is 20.7 Å². The van der Waals surface area contributed by atoms with Gasteiger partial charge in [0.05, 0.1) is 32.3 Å². The molecule has 0 saturated carbocycles. The number of carbonyl (C=O) groups excluding carboxylic acids is 2. The summed E-state index contributed by atoms with van der Waals surface area (Å²) in [5.74, 6) is 0.604. The van der Waals surface area contributed by atoms with Crippen LogP contribution < -0.4 is 10.1 Å². The van der Waals surface area contributed by atoms with Gasteiger partial charge >= 0.3 is 0 Å². The van der Waals surface area contributed by atoms with Crippen LogP contribution in [0.25, 0.3) is 0 Å². The molecule has 2 bridgehead atoms. The molecule has 0 radical (unpaired) electrons. The zero-order chi connectivity index (χ0) is 16.2. The Morgan fingerprint density at radius 3 is 3.00 bits per heavy atom. The van der Waals surface area contributed by atoms with E-state index >= 15 is 0 Å². The second kappa shape index (κ2) is 7.00. The van der Waals surface area contributed by atoms with E-state index in [1.807, 2.05) is 24.3 Å². The zero-order valence-electron chi connectivity index (χ0n) is 13.3. The lowest BCUT2D eigenvalue weighted by Gasteiger charge is -2.27. The Bertz CT molecular complexity index is 590. The van der Waals surface area contributed by atoms with Gasteiger partial charge in [-0.3, -0.25) is 9.59 Å². The van der Waals surface area contributed by atoms with Crippen molar-refractivity contribution in [1.29, 1.82) is 0 Å². The molecule has 1 N–H and O–H groups in total. The molecule has 2 aliphatic heterocycles. The van der Waals surface area contributed by atoms with Crippen LogP contribution in [0.3, 0.4) is 0 Å². The van der Waals surface area contributed by atoms with E-state index in [2.05, 4.69) is 5.32 Å². The van der Waals surface area contributed by atoms with Crippen molar-refractivity contribution in [3.63, 3.8) is 0 Å². The number of benzene rings is 1. The van der Waals surface area contributed by atoms with Crippen molar-refractivity contribution in [3.05, 3.63) is 29.8 Å². The largest absolute Gasteiger partial charge is 0.496 e. The fourth-order valence-corrected chi connectivity index (χ4v) is 3.14. The molecule has 2 heterocycles. The Balaban J connectivity index is 1.63. The Kier molecular flexibility index (Phi) is 4.81. The fraction of sp³-hybridized carbons (Fsp3) is 0.529. The molecule has 6 nitrogen and oxygen atoms in total. The van der Waals surface area contributed by atoms with Gasteiger partial charge in [-0.15, -0.1) is 0 Å². The number of ether oxygens (including phenoxy) is 2. The molecular formula is C17H22N2O4. The van der Waals surface area contributed by atoms with Crippen LogP contribution in [0.5, 0.6) is 5.75 Å². The van der Waals surface area contributed by atoms with Gasteiger partial charge in [0.25, 0.3) is 0 Å². The van der Waals surface area contributed by atoms with Crippen molar-refractivity contribution in [1.82, 2.24) is 10.2 Å². The average molecular weight is 318 g/mol. The topological polar surface area (TPSA) is 67.9 Å². The lowest BCUT2D eigenvalue weighted by Crippen LogP contribution is -2.44. The van der Waals surface area contributed by atoms with E-state index in [0.29, 0.717) is 39.1 Å². The molecule has 2 fully saturated rings. The summed E-state index contributed by atoms with van der Waals surface area (Å²) in [5, 5.41) is 2.94. The normalized spacial score (nSPS) is 23.9. The molecule has 0 aliphatic carbocycles. The summed E-state index contributed by atoms with van der Waals surface area (Å²) in [7, 11) is 1.63. The van der Waals surface area contributed by atoms with E-state index < -0.39 is 0 Å². The summed E-state index contributed by atoms with van der Waals surface area (Å²) in [5.41, 5.74) is 1.02. The minimum Gasteiger partial charge on any atom is -0.496 e. The van der Waals surface area contributed by atoms with Gasteiger partial charge in [0.1, 0.15) is 5.75 Å². The minimum atomic E-state index is -0.266. The molecule has 124 valence electrons. The van der Waals surface area contributed by atoms with Crippen molar-refractivity contribution in [2.24, 2.45) is 5.92 Å². The first-order valence-corrected chi connectivity index (χ1v) is 7.95. The maximum atomic E-state index is 12.6. The van der Waals surface area contributed by atoms with Crippen LogP contribution in [0.2, 0.25) is 0 Å². The summed E-state index contributed by atoms with van der Waals surface area (Å²) in [6.45, 7) is 1.82. The number of nitrogens with one attached hydrogen (secondary N) is 1. The van der Waals surface area contributed by atoms with Crippen LogP contribution in [0.1, 0.15) is 12.0 Å². The van der Waals surface area contributed by atoms with Crippen LogP contribution in [0, 0.1) is 5.92 Å². The number of nitrogens with zero attached hydrogens (tertiary/aromatic N) is 1. The van der Waals surface area contributed by atoms with Crippen molar-refractivity contribution in [2.75, 3.05) is 33.4 Å². The maximum Gasteiger partial charge on any atom is 0.227 e. The highest BCUT2D eigenvalue weighted by molar-refractivity contribution is 5.82. The zero-order valence-corrected chi connectivity index (χ0v) is 13.3. The molecule has 2 saturated heterocycles. The molecule has 6 heteroatoms. The van der Waals surface area contributed by atoms with E-state index in [4.69, 9.17) is 9.47 Å². The van der Waals surface area contributed by atoms with Gasteiger partial charge in [-0.2, -0.15) is 0 Å². The molecule has 23 heavy (non-hydrogen) atoms. The SMILES string of the molecule is COc1ccccc1CCC(=O)N1C[C@H]2COC[C@@H](C1)C(=O)N2. The maximum absolute atomic E-state index is 12.6. The number of rotatable bonds is 4. The Morgan fingerprint density at radius 1 is 1.35 bits per heavy atom. The fourth-order valence-electron chi connectivity index (χ4n) is 3.14. The van der Waals surface area contributed by atoms with E-state index in [1.54, 1.807) is 12.0 Å². The predicted molar refractivity (Wildman–Crippen MR) is 84.1 cm³/mol. The monoisotopic (exact) mass is 318 g/mol. The molecule has 2 aliphatic rings. The van der Waals surface area contributed by atoms with Crippen molar-refractivity contribution < 1.29 is 19.1 Å². The molecular weight excluding hydrogens is 296 g/mol. The summed E-state index contributed by atoms with van der Waals surface area (Å²) in [4.78, 5) is 26.3. The number of aryl methyl sites for hydroxylation is 1. The number of amides is 2. The highest BCUT2D eigenvalue weighted by Crippen LogP contribution is 2.20. The standard InChI is InChI=1S/C17H22N2O4/c1-22-15-5-3-2-4-12(15)6-7-16(20)19-8-13-10-23-11-14(9-19)18-17(13)21/h2-5,13-14H,6-11H2,1H3,(H,18,21)/t13-,14+/m1/s1. The first-order chi connectivity index (χ1) is 11.2. The highest BCUT2D eigenvalue weighted by Gasteiger charge is 2.34. The second-order valence-electron chi connectivity index (χ2n) is 6.05. The van der Waals surface area contributed by atoms with Crippen molar-refractivity contribution in [2.45, 2.75) is 18.9 Å². The number of hydrogen-bond donors (Lipinski definition) is 1. The van der Waals surface area contributed by atoms with E-state index in [0.717, 1.165) is 11.3 Å². The molecule has 1 aromatic carbocycles. The third kappa shape index (κ3) is 3.64. The number of fused-ring (bicyclic) bond motifs is 3. The van der Waals surface area contributed by atoms with E-state index in [9.17, 15) is 9.59 Å². The lowest BCUT2D eigenvalue weighted by molar-refractivity contribution is -0.133. The Labute approximate surface area is 135 Å². The smallest absolute Gasteiger partial charge is 0.227 e. The number of carbonyl (C=O) groups is 2. The van der Waals surface area contributed by atoms with Crippen LogP contribution in [0.4, 0.5) is 0 Å². The lowest BCUT2D eigenvalue weighted by atomic mass is 10.1. The van der Waals surface area contributed by atoms with Gasteiger partial charge < -0.3 is 19.7 Å². The first kappa shape index (κ1) is 15.8. The number of para-hydroxylation sites is 1. The summed E-state index contributed by atoms with van der Waals surface area (Å²) >= 11 is 0.